The van der Waals surface area contributed by atoms with Crippen LogP contribution in [0.25, 0.3) is 0 Å². The lowest BCUT2D eigenvalue weighted by atomic mass is 10.2. The van der Waals surface area contributed by atoms with Crippen molar-refractivity contribution in [1.82, 2.24) is 5.32 Å². The van der Waals surface area contributed by atoms with Crippen molar-refractivity contribution in [2.24, 2.45) is 0 Å². The van der Waals surface area contributed by atoms with Crippen molar-refractivity contribution in [1.29, 1.82) is 5.26 Å². The highest BCUT2D eigenvalue weighted by Crippen LogP contribution is 2.26. The maximum Gasteiger partial charge on any atom is 0.257 e. The van der Waals surface area contributed by atoms with Gasteiger partial charge in [-0.2, -0.15) is 5.26 Å². The Balaban J connectivity index is 1.99. The van der Waals surface area contributed by atoms with Gasteiger partial charge in [0.1, 0.15) is 11.8 Å². The molecule has 0 saturated heterocycles. The van der Waals surface area contributed by atoms with Crippen molar-refractivity contribution < 1.29 is 9.53 Å². The smallest absolute Gasteiger partial charge is 0.257 e. The molecule has 0 unspecified atom stereocenters. The van der Waals surface area contributed by atoms with Crippen molar-refractivity contribution in [3.63, 3.8) is 0 Å². The largest absolute Gasteiger partial charge is 0.492 e. The number of nitriles is 1. The van der Waals surface area contributed by atoms with Crippen LogP contribution in [0.4, 0.5) is 5.69 Å². The van der Waals surface area contributed by atoms with Crippen LogP contribution >= 0.6 is 28.1 Å². The van der Waals surface area contributed by atoms with Crippen molar-refractivity contribution in [3.8, 4) is 11.8 Å². The molecule has 0 aliphatic rings. The van der Waals surface area contributed by atoms with Crippen LogP contribution in [0.3, 0.4) is 0 Å². The number of ether oxygens (including phenoxy) is 1. The number of carbonyl (C=O) groups excluding carboxylic acids is 1. The maximum absolute atomic E-state index is 12.4. The molecule has 5 nitrogen and oxygen atoms in total. The van der Waals surface area contributed by atoms with Gasteiger partial charge in [0, 0.05) is 5.56 Å². The number of nitrogens with zero attached hydrogens (tertiary/aromatic N) is 1. The lowest BCUT2D eigenvalue weighted by molar-refractivity contribution is 0.0977. The molecule has 2 aromatic carbocycles. The van der Waals surface area contributed by atoms with Crippen molar-refractivity contribution in [2.75, 3.05) is 11.9 Å². The zero-order valence-electron chi connectivity index (χ0n) is 14.2. The molecule has 0 fully saturated rings. The average Bonchev–Trinajstić information content (AvgIpc) is 2.63. The summed E-state index contributed by atoms with van der Waals surface area (Å²) in [5.74, 6) is 0.344. The van der Waals surface area contributed by atoms with E-state index < -0.39 is 0 Å². The zero-order valence-corrected chi connectivity index (χ0v) is 16.6. The number of rotatable bonds is 6. The Hall–Kier alpha value is -2.43. The van der Waals surface area contributed by atoms with Gasteiger partial charge in [-0.25, -0.2) is 0 Å². The number of unbranched alkanes of at least 4 members (excludes halogenated alkanes) is 1. The molecular formula is C19H18BrN3O2S. The summed E-state index contributed by atoms with van der Waals surface area (Å²) in [4.78, 5) is 12.4. The number of benzene rings is 2. The quantitative estimate of drug-likeness (QED) is 0.515. The van der Waals surface area contributed by atoms with Gasteiger partial charge in [-0.15, -0.1) is 0 Å². The molecule has 0 heterocycles. The highest BCUT2D eigenvalue weighted by molar-refractivity contribution is 9.10. The highest BCUT2D eigenvalue weighted by atomic mass is 79.9. The second-order valence-corrected chi connectivity index (χ2v) is 6.68. The molecule has 0 aliphatic carbocycles. The van der Waals surface area contributed by atoms with E-state index in [1.54, 1.807) is 42.5 Å². The van der Waals surface area contributed by atoms with Crippen LogP contribution in [0.2, 0.25) is 0 Å². The minimum Gasteiger partial charge on any atom is -0.492 e. The molecule has 0 radical (unpaired) electrons. The normalized spacial score (nSPS) is 9.88. The number of hydrogen-bond donors (Lipinski definition) is 2. The van der Waals surface area contributed by atoms with Gasteiger partial charge < -0.3 is 10.1 Å². The number of halogens is 1. The summed E-state index contributed by atoms with van der Waals surface area (Å²) in [6.07, 6.45) is 2.02. The lowest BCUT2D eigenvalue weighted by Crippen LogP contribution is -2.34. The van der Waals surface area contributed by atoms with E-state index in [1.807, 2.05) is 0 Å². The van der Waals surface area contributed by atoms with Gasteiger partial charge in [0.15, 0.2) is 5.11 Å². The summed E-state index contributed by atoms with van der Waals surface area (Å²) in [7, 11) is 0. The van der Waals surface area contributed by atoms with Crippen LogP contribution in [-0.4, -0.2) is 17.6 Å². The Kier molecular flexibility index (Phi) is 7.57. The number of nitrogens with one attached hydrogen (secondary N) is 2. The zero-order chi connectivity index (χ0) is 18.9. The molecule has 0 atom stereocenters. The number of hydrogen-bond acceptors (Lipinski definition) is 4. The fourth-order valence-electron chi connectivity index (χ4n) is 2.10. The lowest BCUT2D eigenvalue weighted by Gasteiger charge is -2.12. The molecule has 2 N–H and O–H groups in total. The second kappa shape index (κ2) is 9.90. The molecule has 2 rings (SSSR count). The van der Waals surface area contributed by atoms with Gasteiger partial charge in [-0.3, -0.25) is 10.1 Å². The van der Waals surface area contributed by atoms with Crippen LogP contribution in [0.5, 0.6) is 5.75 Å². The van der Waals surface area contributed by atoms with Gasteiger partial charge in [-0.05, 0) is 64.9 Å². The first-order chi connectivity index (χ1) is 12.5. The van der Waals surface area contributed by atoms with Crippen molar-refractivity contribution in [2.45, 2.75) is 19.8 Å². The minimum absolute atomic E-state index is 0.122. The first-order valence-electron chi connectivity index (χ1n) is 8.09. The Labute approximate surface area is 166 Å². The fourth-order valence-corrected chi connectivity index (χ4v) is 2.80. The molecule has 0 bridgehead atoms. The highest BCUT2D eigenvalue weighted by Gasteiger charge is 2.12. The Morgan fingerprint density at radius 3 is 2.77 bits per heavy atom. The molecular weight excluding hydrogens is 414 g/mol. The number of para-hydroxylation sites is 1. The Bertz CT molecular complexity index is 849. The molecule has 0 aromatic heterocycles. The van der Waals surface area contributed by atoms with E-state index in [0.717, 1.165) is 12.8 Å². The first kappa shape index (κ1) is 19.9. The van der Waals surface area contributed by atoms with E-state index in [4.69, 9.17) is 22.2 Å². The standard InChI is InChI=1S/C19H18BrN3O2S/c1-2-3-10-25-17-9-8-13(11-15(17)20)18(24)23-19(26)22-16-7-5-4-6-14(16)12-21/h4-9,11H,2-3,10H2,1H3,(H2,22,23,24,26). The fraction of sp³-hybridized carbons (Fsp3) is 0.211. The third kappa shape index (κ3) is 5.55. The SMILES string of the molecule is CCCCOc1ccc(C(=O)NC(=S)Nc2ccccc2C#N)cc1Br. The van der Waals surface area contributed by atoms with Gasteiger partial charge in [0.2, 0.25) is 0 Å². The van der Waals surface area contributed by atoms with Crippen LogP contribution in [0.15, 0.2) is 46.9 Å². The minimum atomic E-state index is -0.349. The molecule has 7 heteroatoms. The number of anilines is 1. The van der Waals surface area contributed by atoms with Crippen molar-refractivity contribution >= 4 is 44.9 Å². The summed E-state index contributed by atoms with van der Waals surface area (Å²) in [6, 6.07) is 14.1. The predicted octanol–water partition coefficient (Wildman–Crippen LogP) is 4.63. The summed E-state index contributed by atoms with van der Waals surface area (Å²) >= 11 is 8.58. The monoisotopic (exact) mass is 431 g/mol. The third-order valence-corrected chi connectivity index (χ3v) is 4.30. The summed E-state index contributed by atoms with van der Waals surface area (Å²) in [6.45, 7) is 2.73. The summed E-state index contributed by atoms with van der Waals surface area (Å²) in [5, 5.41) is 14.7. The third-order valence-electron chi connectivity index (χ3n) is 3.47. The van der Waals surface area contributed by atoms with E-state index in [9.17, 15) is 4.79 Å². The molecule has 2 aromatic rings. The maximum atomic E-state index is 12.4. The number of carbonyl (C=O) groups is 1. The topological polar surface area (TPSA) is 74.2 Å². The number of amides is 1. The molecule has 0 spiro atoms. The van der Waals surface area contributed by atoms with Gasteiger partial charge >= 0.3 is 0 Å². The van der Waals surface area contributed by atoms with E-state index in [2.05, 4.69) is 39.6 Å². The Morgan fingerprint density at radius 2 is 2.08 bits per heavy atom. The van der Waals surface area contributed by atoms with Crippen LogP contribution in [0.1, 0.15) is 35.7 Å². The van der Waals surface area contributed by atoms with Crippen LogP contribution in [0, 0.1) is 11.3 Å². The number of thiocarbonyl (C=S) groups is 1. The van der Waals surface area contributed by atoms with E-state index >= 15 is 0 Å². The molecule has 134 valence electrons. The first-order valence-corrected chi connectivity index (χ1v) is 9.29. The van der Waals surface area contributed by atoms with Gasteiger partial charge in [0.05, 0.1) is 22.3 Å². The van der Waals surface area contributed by atoms with Crippen LogP contribution < -0.4 is 15.4 Å². The molecule has 1 amide bonds. The van der Waals surface area contributed by atoms with E-state index in [1.165, 1.54) is 0 Å². The molecule has 0 saturated carbocycles. The van der Waals surface area contributed by atoms with Gasteiger partial charge in [0.25, 0.3) is 5.91 Å². The predicted molar refractivity (Wildman–Crippen MR) is 109 cm³/mol. The van der Waals surface area contributed by atoms with E-state index in [-0.39, 0.29) is 11.0 Å². The second-order valence-electron chi connectivity index (χ2n) is 5.41. The average molecular weight is 432 g/mol. The summed E-state index contributed by atoms with van der Waals surface area (Å²) < 4.78 is 6.35. The van der Waals surface area contributed by atoms with Crippen molar-refractivity contribution in [3.05, 3.63) is 58.1 Å². The summed E-state index contributed by atoms with van der Waals surface area (Å²) in [5.41, 5.74) is 1.43. The Morgan fingerprint density at radius 1 is 1.31 bits per heavy atom. The van der Waals surface area contributed by atoms with Crippen LogP contribution in [-0.2, 0) is 0 Å². The molecule has 26 heavy (non-hydrogen) atoms. The molecule has 0 aliphatic heterocycles. The van der Waals surface area contributed by atoms with Gasteiger partial charge in [-0.1, -0.05) is 25.5 Å². The van der Waals surface area contributed by atoms with E-state index in [0.29, 0.717) is 33.6 Å².